The summed E-state index contributed by atoms with van der Waals surface area (Å²) in [5.41, 5.74) is 1.32. The number of aliphatic hydroxyl groups excluding tert-OH is 1. The van der Waals surface area contributed by atoms with E-state index in [4.69, 9.17) is 9.47 Å². The van der Waals surface area contributed by atoms with Crippen LogP contribution in [0.2, 0.25) is 0 Å². The molecule has 2 N–H and O–H groups in total. The van der Waals surface area contributed by atoms with Gasteiger partial charge in [-0.05, 0) is 62.2 Å². The second-order valence-electron chi connectivity index (χ2n) is 9.57. The molecule has 8 heteroatoms. The van der Waals surface area contributed by atoms with E-state index in [0.717, 1.165) is 25.9 Å². The maximum atomic E-state index is 13.3. The molecule has 0 aromatic heterocycles. The Kier molecular flexibility index (Phi) is 7.20. The van der Waals surface area contributed by atoms with E-state index in [1.165, 1.54) is 0 Å². The van der Waals surface area contributed by atoms with E-state index in [0.29, 0.717) is 61.9 Å². The van der Waals surface area contributed by atoms with E-state index in [9.17, 15) is 14.7 Å². The highest BCUT2D eigenvalue weighted by Crippen LogP contribution is 2.33. The Hall–Kier alpha value is -3.10. The summed E-state index contributed by atoms with van der Waals surface area (Å²) in [6, 6.07) is 14.1. The Morgan fingerprint density at radius 1 is 1.00 bits per heavy atom. The number of carbonyl (C=O) groups excluding carboxylic acids is 2. The molecule has 0 bridgehead atoms. The monoisotopic (exact) mass is 479 g/mol. The van der Waals surface area contributed by atoms with Gasteiger partial charge in [0, 0.05) is 25.2 Å². The Balaban J connectivity index is 1.27. The van der Waals surface area contributed by atoms with Crippen LogP contribution in [0.1, 0.15) is 41.3 Å². The number of likely N-dealkylation sites (tertiary alicyclic amines) is 2. The molecule has 8 nitrogen and oxygen atoms in total. The van der Waals surface area contributed by atoms with Crippen LogP contribution in [0.3, 0.4) is 0 Å². The SMILES string of the molecule is O=C(NC(CN1CCCC1)C(O)c1ccc2c(c1)OCCO2)C1CCN(C(=O)c2ccccc2)C1. The zero-order chi connectivity index (χ0) is 24.2. The van der Waals surface area contributed by atoms with Gasteiger partial charge < -0.3 is 29.7 Å². The minimum absolute atomic E-state index is 0.0502. The molecule has 2 saturated heterocycles. The molecule has 3 heterocycles. The molecule has 0 saturated carbocycles. The molecule has 186 valence electrons. The lowest BCUT2D eigenvalue weighted by Gasteiger charge is -2.30. The molecule has 2 aromatic rings. The second kappa shape index (κ2) is 10.7. The molecule has 3 aliphatic heterocycles. The highest BCUT2D eigenvalue weighted by molar-refractivity contribution is 5.95. The molecule has 2 fully saturated rings. The molecule has 0 aliphatic carbocycles. The lowest BCUT2D eigenvalue weighted by molar-refractivity contribution is -0.126. The van der Waals surface area contributed by atoms with Gasteiger partial charge in [0.1, 0.15) is 19.3 Å². The third-order valence-electron chi connectivity index (χ3n) is 7.14. The lowest BCUT2D eigenvalue weighted by Crippen LogP contribution is -2.49. The first-order valence-electron chi connectivity index (χ1n) is 12.5. The summed E-state index contributed by atoms with van der Waals surface area (Å²) >= 11 is 0. The quantitative estimate of drug-likeness (QED) is 0.633. The van der Waals surface area contributed by atoms with E-state index >= 15 is 0 Å². The number of benzene rings is 2. The van der Waals surface area contributed by atoms with Crippen molar-refractivity contribution in [3.05, 3.63) is 59.7 Å². The molecule has 2 aromatic carbocycles. The van der Waals surface area contributed by atoms with E-state index in [1.54, 1.807) is 23.1 Å². The Bertz CT molecular complexity index is 1040. The summed E-state index contributed by atoms with van der Waals surface area (Å²) < 4.78 is 11.3. The van der Waals surface area contributed by atoms with Crippen LogP contribution in [-0.4, -0.2) is 78.7 Å². The van der Waals surface area contributed by atoms with Crippen molar-refractivity contribution in [3.63, 3.8) is 0 Å². The van der Waals surface area contributed by atoms with Gasteiger partial charge in [-0.1, -0.05) is 24.3 Å². The summed E-state index contributed by atoms with van der Waals surface area (Å²) in [5.74, 6) is 0.822. The summed E-state index contributed by atoms with van der Waals surface area (Å²) in [6.45, 7) is 4.41. The van der Waals surface area contributed by atoms with Crippen LogP contribution in [0.4, 0.5) is 0 Å². The number of hydrogen-bond acceptors (Lipinski definition) is 6. The van der Waals surface area contributed by atoms with Gasteiger partial charge in [0.2, 0.25) is 5.91 Å². The number of nitrogens with one attached hydrogen (secondary N) is 1. The average molecular weight is 480 g/mol. The Labute approximate surface area is 205 Å². The first kappa shape index (κ1) is 23.6. The van der Waals surface area contributed by atoms with Gasteiger partial charge in [-0.3, -0.25) is 9.59 Å². The van der Waals surface area contributed by atoms with Crippen LogP contribution in [0, 0.1) is 5.92 Å². The maximum Gasteiger partial charge on any atom is 0.253 e. The summed E-state index contributed by atoms with van der Waals surface area (Å²) in [5, 5.41) is 14.4. The standard InChI is InChI=1S/C27H33N3O5/c31-25(20-8-9-23-24(16-20)35-15-14-34-23)22(18-29-11-4-5-12-29)28-26(32)21-10-13-30(17-21)27(33)19-6-2-1-3-7-19/h1-3,6-9,16,21-22,25,31H,4-5,10-15,17-18H2,(H,28,32). The molecule has 35 heavy (non-hydrogen) atoms. The van der Waals surface area contributed by atoms with Gasteiger partial charge in [-0.15, -0.1) is 0 Å². The molecule has 2 amide bonds. The summed E-state index contributed by atoms with van der Waals surface area (Å²) in [7, 11) is 0. The third-order valence-corrected chi connectivity index (χ3v) is 7.14. The number of ether oxygens (including phenoxy) is 2. The molecule has 0 spiro atoms. The number of nitrogens with zero attached hydrogens (tertiary/aromatic N) is 2. The molecule has 5 rings (SSSR count). The Morgan fingerprint density at radius 2 is 1.74 bits per heavy atom. The van der Waals surface area contributed by atoms with Gasteiger partial charge in [-0.2, -0.15) is 0 Å². The minimum Gasteiger partial charge on any atom is -0.486 e. The van der Waals surface area contributed by atoms with Crippen LogP contribution in [-0.2, 0) is 4.79 Å². The van der Waals surface area contributed by atoms with Gasteiger partial charge in [0.15, 0.2) is 11.5 Å². The van der Waals surface area contributed by atoms with Crippen LogP contribution in [0.5, 0.6) is 11.5 Å². The van der Waals surface area contributed by atoms with Gasteiger partial charge in [0.05, 0.1) is 12.0 Å². The van der Waals surface area contributed by atoms with Crippen LogP contribution < -0.4 is 14.8 Å². The normalized spacial score (nSPS) is 21.5. The largest absolute Gasteiger partial charge is 0.486 e. The van der Waals surface area contributed by atoms with Crippen molar-refractivity contribution in [1.29, 1.82) is 0 Å². The topological polar surface area (TPSA) is 91.3 Å². The van der Waals surface area contributed by atoms with Crippen molar-refractivity contribution in [2.45, 2.75) is 31.4 Å². The highest BCUT2D eigenvalue weighted by Gasteiger charge is 2.34. The average Bonchev–Trinajstić information content (AvgIpc) is 3.60. The van der Waals surface area contributed by atoms with Crippen LogP contribution in [0.15, 0.2) is 48.5 Å². The zero-order valence-electron chi connectivity index (χ0n) is 19.9. The maximum absolute atomic E-state index is 13.3. The second-order valence-corrected chi connectivity index (χ2v) is 9.57. The molecular weight excluding hydrogens is 446 g/mol. The predicted molar refractivity (Wildman–Crippen MR) is 130 cm³/mol. The van der Waals surface area contributed by atoms with Gasteiger partial charge in [-0.25, -0.2) is 0 Å². The van der Waals surface area contributed by atoms with Crippen molar-refractivity contribution >= 4 is 11.8 Å². The number of carbonyl (C=O) groups is 2. The summed E-state index contributed by atoms with van der Waals surface area (Å²) in [4.78, 5) is 30.1. The first-order chi connectivity index (χ1) is 17.1. The molecule has 3 atom stereocenters. The third kappa shape index (κ3) is 5.44. The van der Waals surface area contributed by atoms with Crippen LogP contribution >= 0.6 is 0 Å². The van der Waals surface area contributed by atoms with E-state index in [2.05, 4.69) is 10.2 Å². The van der Waals surface area contributed by atoms with Crippen molar-refractivity contribution in [1.82, 2.24) is 15.1 Å². The van der Waals surface area contributed by atoms with Crippen molar-refractivity contribution in [3.8, 4) is 11.5 Å². The number of rotatable bonds is 7. The molecular formula is C27H33N3O5. The van der Waals surface area contributed by atoms with Crippen LogP contribution in [0.25, 0.3) is 0 Å². The van der Waals surface area contributed by atoms with E-state index in [-0.39, 0.29) is 17.7 Å². The van der Waals surface area contributed by atoms with Gasteiger partial charge >= 0.3 is 0 Å². The number of fused-ring (bicyclic) bond motifs is 1. The number of amides is 2. The molecule has 0 radical (unpaired) electrons. The first-order valence-corrected chi connectivity index (χ1v) is 12.5. The number of hydrogen-bond donors (Lipinski definition) is 2. The number of aliphatic hydroxyl groups is 1. The Morgan fingerprint density at radius 3 is 2.51 bits per heavy atom. The minimum atomic E-state index is -0.890. The van der Waals surface area contributed by atoms with E-state index < -0.39 is 12.1 Å². The fourth-order valence-electron chi connectivity index (χ4n) is 5.17. The zero-order valence-corrected chi connectivity index (χ0v) is 19.9. The van der Waals surface area contributed by atoms with Crippen molar-refractivity contribution in [2.24, 2.45) is 5.92 Å². The molecule has 3 unspecified atom stereocenters. The summed E-state index contributed by atoms with van der Waals surface area (Å²) in [6.07, 6.45) is 1.97. The van der Waals surface area contributed by atoms with Crippen molar-refractivity contribution in [2.75, 3.05) is 45.9 Å². The van der Waals surface area contributed by atoms with E-state index in [1.807, 2.05) is 30.3 Å². The lowest BCUT2D eigenvalue weighted by atomic mass is 9.99. The van der Waals surface area contributed by atoms with Gasteiger partial charge in [0.25, 0.3) is 5.91 Å². The highest BCUT2D eigenvalue weighted by atomic mass is 16.6. The fourth-order valence-corrected chi connectivity index (χ4v) is 5.17. The fraction of sp³-hybridized carbons (Fsp3) is 0.481. The van der Waals surface area contributed by atoms with Crippen molar-refractivity contribution < 1.29 is 24.2 Å². The predicted octanol–water partition coefficient (Wildman–Crippen LogP) is 2.23. The smallest absolute Gasteiger partial charge is 0.253 e. The molecule has 3 aliphatic rings.